The fraction of sp³-hybridized carbons (Fsp3) is 1.00. The van der Waals surface area contributed by atoms with E-state index in [9.17, 15) is 29.6 Å². The molecule has 2 unspecified atom stereocenters. The highest BCUT2D eigenvalue weighted by Crippen LogP contribution is 2.45. The number of phosphoric acid groups is 2. The van der Waals surface area contributed by atoms with E-state index >= 15 is 0 Å². The molecular weight excluding hydrogens is 326 g/mol. The first-order valence-corrected chi connectivity index (χ1v) is 8.10. The Hall–Kier alpha value is 0.0600. The summed E-state index contributed by atoms with van der Waals surface area (Å²) in [5.41, 5.74) is 0. The van der Waals surface area contributed by atoms with E-state index in [1.165, 1.54) is 0 Å². The van der Waals surface area contributed by atoms with E-state index in [1.54, 1.807) is 0 Å². The van der Waals surface area contributed by atoms with Crippen LogP contribution in [0.15, 0.2) is 0 Å². The van der Waals surface area contributed by atoms with Crippen LogP contribution in [0.4, 0.5) is 0 Å². The van der Waals surface area contributed by atoms with E-state index in [4.69, 9.17) is 19.6 Å². The van der Waals surface area contributed by atoms with Crippen LogP contribution in [0.3, 0.4) is 0 Å². The molecule has 0 heterocycles. The van der Waals surface area contributed by atoms with Gasteiger partial charge in [-0.1, -0.05) is 0 Å². The smallest absolute Gasteiger partial charge is 0.387 e. The summed E-state index contributed by atoms with van der Waals surface area (Å²) in [4.78, 5) is 34.4. The van der Waals surface area contributed by atoms with E-state index in [0.717, 1.165) is 0 Å². The summed E-state index contributed by atoms with van der Waals surface area (Å²) in [6, 6.07) is 0. The van der Waals surface area contributed by atoms with Crippen LogP contribution in [0.25, 0.3) is 0 Å². The van der Waals surface area contributed by atoms with Crippen molar-refractivity contribution in [3.05, 3.63) is 0 Å². The lowest BCUT2D eigenvalue weighted by Crippen LogP contribution is -2.64. The Morgan fingerprint density at radius 1 is 0.600 bits per heavy atom. The molecule has 1 rings (SSSR count). The van der Waals surface area contributed by atoms with Crippen molar-refractivity contribution in [1.82, 2.24) is 0 Å². The van der Waals surface area contributed by atoms with E-state index in [0.29, 0.717) is 0 Å². The van der Waals surface area contributed by atoms with E-state index in [2.05, 4.69) is 9.05 Å². The molecule has 120 valence electrons. The standard InChI is InChI=1S/C6H14O12P2/c7-1-2(8)5(17-19(11,12)13)4(10)6(3(1)9)18-20(14,15)16/h1-10H,(H2,11,12,13)(H2,14,15,16)/t1?,2-,3+,4?,5-,6-/m1/s1. The molecule has 1 aliphatic carbocycles. The van der Waals surface area contributed by atoms with Crippen molar-refractivity contribution < 1.29 is 58.2 Å². The molecule has 0 spiro atoms. The van der Waals surface area contributed by atoms with Crippen LogP contribution in [0.5, 0.6) is 0 Å². The largest absolute Gasteiger partial charge is 0.470 e. The summed E-state index contributed by atoms with van der Waals surface area (Å²) in [5.74, 6) is 0. The highest BCUT2D eigenvalue weighted by molar-refractivity contribution is 7.46. The molecule has 1 fully saturated rings. The molecule has 0 amide bonds. The molecule has 0 aromatic rings. The van der Waals surface area contributed by atoms with Gasteiger partial charge in [0, 0.05) is 0 Å². The second-order valence-corrected chi connectivity index (χ2v) is 6.47. The Morgan fingerprint density at radius 3 is 1.15 bits per heavy atom. The Morgan fingerprint density at radius 2 is 0.900 bits per heavy atom. The quantitative estimate of drug-likeness (QED) is 0.233. The van der Waals surface area contributed by atoms with Crippen LogP contribution in [0, 0.1) is 0 Å². The molecular formula is C6H14O12P2. The van der Waals surface area contributed by atoms with Crippen molar-refractivity contribution in [2.75, 3.05) is 0 Å². The molecule has 0 bridgehead atoms. The summed E-state index contributed by atoms with van der Waals surface area (Å²) < 4.78 is 29.4. The maximum absolute atomic E-state index is 10.7. The van der Waals surface area contributed by atoms with Gasteiger partial charge in [0.15, 0.2) is 0 Å². The lowest BCUT2D eigenvalue weighted by molar-refractivity contribution is -0.215. The minimum atomic E-state index is -5.20. The molecule has 1 aliphatic rings. The summed E-state index contributed by atoms with van der Waals surface area (Å²) in [5, 5.41) is 38.0. The third-order valence-electron chi connectivity index (χ3n) is 2.56. The fourth-order valence-corrected chi connectivity index (χ4v) is 2.88. The van der Waals surface area contributed by atoms with Crippen molar-refractivity contribution in [2.24, 2.45) is 0 Å². The van der Waals surface area contributed by atoms with Gasteiger partial charge in [0.2, 0.25) is 0 Å². The second-order valence-electron chi connectivity index (χ2n) is 4.08. The van der Waals surface area contributed by atoms with Gasteiger partial charge in [0.1, 0.15) is 36.6 Å². The molecule has 12 nitrogen and oxygen atoms in total. The first-order chi connectivity index (χ1) is 8.83. The van der Waals surface area contributed by atoms with E-state index in [1.807, 2.05) is 0 Å². The van der Waals surface area contributed by atoms with Crippen LogP contribution in [0.2, 0.25) is 0 Å². The zero-order valence-corrected chi connectivity index (χ0v) is 11.4. The number of aliphatic hydroxyl groups excluding tert-OH is 4. The normalized spacial score (nSPS) is 39.8. The third-order valence-corrected chi connectivity index (χ3v) is 3.60. The molecule has 0 aromatic carbocycles. The number of hydrogen-bond acceptors (Lipinski definition) is 8. The molecule has 6 atom stereocenters. The molecule has 20 heavy (non-hydrogen) atoms. The maximum atomic E-state index is 10.7. The number of phosphoric ester groups is 2. The Bertz CT molecular complexity index is 390. The van der Waals surface area contributed by atoms with Gasteiger partial charge in [0.05, 0.1) is 0 Å². The Kier molecular flexibility index (Phi) is 5.48. The van der Waals surface area contributed by atoms with Crippen molar-refractivity contribution >= 4 is 15.6 Å². The predicted molar refractivity (Wildman–Crippen MR) is 57.9 cm³/mol. The van der Waals surface area contributed by atoms with Crippen LogP contribution in [0.1, 0.15) is 0 Å². The number of aliphatic hydroxyl groups is 4. The fourth-order valence-electron chi connectivity index (χ4n) is 1.75. The summed E-state index contributed by atoms with van der Waals surface area (Å²) in [6.07, 6.45) is -12.8. The highest BCUT2D eigenvalue weighted by Gasteiger charge is 2.53. The maximum Gasteiger partial charge on any atom is 0.470 e. The van der Waals surface area contributed by atoms with Crippen LogP contribution in [-0.4, -0.2) is 76.6 Å². The van der Waals surface area contributed by atoms with Gasteiger partial charge in [-0.2, -0.15) is 0 Å². The molecule has 8 N–H and O–H groups in total. The lowest BCUT2D eigenvalue weighted by Gasteiger charge is -2.42. The van der Waals surface area contributed by atoms with E-state index in [-0.39, 0.29) is 0 Å². The monoisotopic (exact) mass is 340 g/mol. The topological polar surface area (TPSA) is 214 Å². The molecule has 0 saturated heterocycles. The van der Waals surface area contributed by atoms with Crippen molar-refractivity contribution in [1.29, 1.82) is 0 Å². The Balaban J connectivity index is 3.02. The van der Waals surface area contributed by atoms with Gasteiger partial charge in [-0.05, 0) is 0 Å². The molecule has 0 radical (unpaired) electrons. The molecule has 14 heteroatoms. The molecule has 0 aromatic heterocycles. The zero-order valence-electron chi connectivity index (χ0n) is 9.57. The Labute approximate surface area is 111 Å². The van der Waals surface area contributed by atoms with Gasteiger partial charge < -0.3 is 40.0 Å². The molecule has 1 saturated carbocycles. The summed E-state index contributed by atoms with van der Waals surface area (Å²) >= 11 is 0. The van der Waals surface area contributed by atoms with Crippen molar-refractivity contribution in [3.63, 3.8) is 0 Å². The second kappa shape index (κ2) is 6.05. The zero-order chi connectivity index (χ0) is 15.9. The van der Waals surface area contributed by atoms with Crippen molar-refractivity contribution in [3.8, 4) is 0 Å². The highest BCUT2D eigenvalue weighted by atomic mass is 31.2. The van der Waals surface area contributed by atoms with Gasteiger partial charge in [-0.25, -0.2) is 9.13 Å². The van der Waals surface area contributed by atoms with Gasteiger partial charge in [-0.3, -0.25) is 9.05 Å². The average molecular weight is 340 g/mol. The minimum Gasteiger partial charge on any atom is -0.387 e. The van der Waals surface area contributed by atoms with Gasteiger partial charge in [0.25, 0.3) is 0 Å². The van der Waals surface area contributed by atoms with E-state index < -0.39 is 52.3 Å². The average Bonchev–Trinajstić information content (AvgIpc) is 2.25. The molecule has 0 aliphatic heterocycles. The minimum absolute atomic E-state index is 2.12. The lowest BCUT2D eigenvalue weighted by atomic mass is 9.85. The van der Waals surface area contributed by atoms with Crippen molar-refractivity contribution in [2.45, 2.75) is 36.6 Å². The van der Waals surface area contributed by atoms with Crippen LogP contribution in [-0.2, 0) is 18.2 Å². The third kappa shape index (κ3) is 4.53. The predicted octanol–water partition coefficient (Wildman–Crippen LogP) is -3.60. The first-order valence-electron chi connectivity index (χ1n) is 5.03. The number of rotatable bonds is 4. The van der Waals surface area contributed by atoms with Crippen LogP contribution >= 0.6 is 15.6 Å². The van der Waals surface area contributed by atoms with Gasteiger partial charge in [-0.15, -0.1) is 0 Å². The van der Waals surface area contributed by atoms with Crippen LogP contribution < -0.4 is 0 Å². The summed E-state index contributed by atoms with van der Waals surface area (Å²) in [6.45, 7) is 0. The first kappa shape index (κ1) is 18.1. The van der Waals surface area contributed by atoms with Gasteiger partial charge >= 0.3 is 15.6 Å². The number of hydrogen-bond donors (Lipinski definition) is 8. The summed E-state index contributed by atoms with van der Waals surface area (Å²) in [7, 11) is -10.4. The SMILES string of the molecule is O=P(O)(O)O[C@H]1C(O)[C@H](OP(=O)(O)O)[C@@H](O)C(O)[C@H]1O.